The lowest BCUT2D eigenvalue weighted by Crippen LogP contribution is -2.28. The molecule has 0 bridgehead atoms. The molecule has 1 rings (SSSR count). The first-order valence-corrected chi connectivity index (χ1v) is 6.50. The Hall–Kier alpha value is -1.77. The maximum Gasteiger partial charge on any atom is 0.511 e. The van der Waals surface area contributed by atoms with Gasteiger partial charge in [-0.15, -0.1) is 0 Å². The number of nitrogens with zero attached hydrogens (tertiary/aromatic N) is 1. The minimum absolute atomic E-state index is 0.0391. The fourth-order valence-corrected chi connectivity index (χ4v) is 2.03. The van der Waals surface area contributed by atoms with E-state index in [0.717, 1.165) is 0 Å². The van der Waals surface area contributed by atoms with E-state index in [1.807, 2.05) is 0 Å². The van der Waals surface area contributed by atoms with Crippen LogP contribution < -0.4 is 0 Å². The van der Waals surface area contributed by atoms with Gasteiger partial charge >= 0.3 is 12.1 Å². The number of hydrogen-bond acceptors (Lipinski definition) is 6. The van der Waals surface area contributed by atoms with Crippen LogP contribution in [0.25, 0.3) is 0 Å². The van der Waals surface area contributed by atoms with E-state index in [-0.39, 0.29) is 24.4 Å². The topological polar surface area (TPSA) is 85.6 Å². The number of rotatable bonds is 4. The Labute approximate surface area is 112 Å². The summed E-state index contributed by atoms with van der Waals surface area (Å²) >= 11 is 0. The predicted octanol–water partition coefficient (Wildman–Crippen LogP) is 2.38. The van der Waals surface area contributed by atoms with Crippen molar-refractivity contribution in [2.45, 2.75) is 45.8 Å². The van der Waals surface area contributed by atoms with Crippen LogP contribution in [0.5, 0.6) is 0 Å². The highest BCUT2D eigenvalue weighted by Crippen LogP contribution is 2.29. The van der Waals surface area contributed by atoms with Crippen LogP contribution in [0.2, 0.25) is 0 Å². The minimum atomic E-state index is -0.958. The molecule has 1 saturated carbocycles. The molecule has 0 heterocycles. The smallest absolute Gasteiger partial charge is 0.435 e. The molecule has 0 amide bonds. The minimum Gasteiger partial charge on any atom is -0.435 e. The summed E-state index contributed by atoms with van der Waals surface area (Å²) < 4.78 is 14.3. The second-order valence-corrected chi connectivity index (χ2v) is 4.48. The molecule has 0 spiro atoms. The number of carbonyl (C=O) groups is 2. The molecule has 19 heavy (non-hydrogen) atoms. The van der Waals surface area contributed by atoms with Gasteiger partial charge in [0.15, 0.2) is 0 Å². The van der Waals surface area contributed by atoms with Gasteiger partial charge in [0.2, 0.25) is 6.29 Å². The monoisotopic (exact) mass is 269 g/mol. The van der Waals surface area contributed by atoms with Crippen LogP contribution in [0, 0.1) is 23.2 Å². The summed E-state index contributed by atoms with van der Waals surface area (Å²) in [6, 6.07) is 2.21. The molecular formula is C13H19NO5. The molecule has 1 aliphatic carbocycles. The molecule has 6 heteroatoms. The van der Waals surface area contributed by atoms with Crippen LogP contribution in [0.3, 0.4) is 0 Å². The highest BCUT2D eigenvalue weighted by Gasteiger charge is 2.28. The maximum atomic E-state index is 11.8. The van der Waals surface area contributed by atoms with Gasteiger partial charge in [-0.3, -0.25) is 4.79 Å². The zero-order chi connectivity index (χ0) is 14.3. The van der Waals surface area contributed by atoms with E-state index >= 15 is 0 Å². The van der Waals surface area contributed by atoms with Crippen molar-refractivity contribution in [1.82, 2.24) is 0 Å². The van der Waals surface area contributed by atoms with E-state index in [1.54, 1.807) is 6.92 Å². The zero-order valence-electron chi connectivity index (χ0n) is 11.3. The van der Waals surface area contributed by atoms with Crippen LogP contribution >= 0.6 is 0 Å². The van der Waals surface area contributed by atoms with Crippen molar-refractivity contribution in [3.05, 3.63) is 0 Å². The van der Waals surface area contributed by atoms with E-state index in [0.29, 0.717) is 25.7 Å². The van der Waals surface area contributed by atoms with Gasteiger partial charge < -0.3 is 14.2 Å². The highest BCUT2D eigenvalue weighted by molar-refractivity contribution is 5.72. The molecule has 1 atom stereocenters. The molecule has 0 aromatic carbocycles. The van der Waals surface area contributed by atoms with Crippen LogP contribution in [0.15, 0.2) is 0 Å². The van der Waals surface area contributed by atoms with Crippen molar-refractivity contribution in [3.63, 3.8) is 0 Å². The molecule has 1 fully saturated rings. The number of ether oxygens (including phenoxy) is 3. The number of nitriles is 1. The molecule has 0 radical (unpaired) electrons. The summed E-state index contributed by atoms with van der Waals surface area (Å²) in [4.78, 5) is 22.8. The van der Waals surface area contributed by atoms with Gasteiger partial charge in [-0.05, 0) is 32.6 Å². The largest absolute Gasteiger partial charge is 0.511 e. The Kier molecular flexibility index (Phi) is 6.13. The standard InChI is InChI=1S/C13H19NO5/c1-3-17-13(16)19-9(2)18-12(15)11-6-4-10(8-14)5-7-11/h9-11H,3-7H2,1-2H3. The zero-order valence-corrected chi connectivity index (χ0v) is 11.3. The Balaban J connectivity index is 2.31. The Morgan fingerprint density at radius 1 is 1.26 bits per heavy atom. The summed E-state index contributed by atoms with van der Waals surface area (Å²) in [5.41, 5.74) is 0. The third-order valence-electron chi connectivity index (χ3n) is 3.05. The molecule has 0 aliphatic heterocycles. The van der Waals surface area contributed by atoms with E-state index < -0.39 is 12.4 Å². The second-order valence-electron chi connectivity index (χ2n) is 4.48. The molecule has 106 valence electrons. The lowest BCUT2D eigenvalue weighted by Gasteiger charge is -2.24. The van der Waals surface area contributed by atoms with Gasteiger partial charge in [0.1, 0.15) is 0 Å². The number of carbonyl (C=O) groups excluding carboxylic acids is 2. The lowest BCUT2D eigenvalue weighted by molar-refractivity contribution is -0.174. The third kappa shape index (κ3) is 5.16. The Morgan fingerprint density at radius 3 is 2.42 bits per heavy atom. The molecule has 1 unspecified atom stereocenters. The molecular weight excluding hydrogens is 250 g/mol. The number of esters is 1. The van der Waals surface area contributed by atoms with Crippen molar-refractivity contribution in [2.24, 2.45) is 11.8 Å². The number of hydrogen-bond donors (Lipinski definition) is 0. The summed E-state index contributed by atoms with van der Waals surface area (Å²) in [5.74, 6) is -0.553. The summed E-state index contributed by atoms with van der Waals surface area (Å²) in [6.07, 6.45) is 0.898. The molecule has 0 N–H and O–H groups in total. The van der Waals surface area contributed by atoms with Crippen LogP contribution in [-0.2, 0) is 19.0 Å². The van der Waals surface area contributed by atoms with Crippen LogP contribution in [-0.4, -0.2) is 25.0 Å². The van der Waals surface area contributed by atoms with Crippen LogP contribution in [0.1, 0.15) is 39.5 Å². The predicted molar refractivity (Wildman–Crippen MR) is 64.7 cm³/mol. The molecule has 1 aliphatic rings. The SMILES string of the molecule is CCOC(=O)OC(C)OC(=O)C1CCC(C#N)CC1. The van der Waals surface area contributed by atoms with Gasteiger partial charge in [0.05, 0.1) is 18.6 Å². The fourth-order valence-electron chi connectivity index (χ4n) is 2.03. The first-order valence-electron chi connectivity index (χ1n) is 6.50. The molecule has 6 nitrogen and oxygen atoms in total. The van der Waals surface area contributed by atoms with Gasteiger partial charge in [-0.25, -0.2) is 4.79 Å². The highest BCUT2D eigenvalue weighted by atomic mass is 16.8. The normalized spacial score (nSPS) is 23.8. The Morgan fingerprint density at radius 2 is 1.89 bits per heavy atom. The summed E-state index contributed by atoms with van der Waals surface area (Å²) in [5, 5.41) is 8.77. The van der Waals surface area contributed by atoms with E-state index in [9.17, 15) is 9.59 Å². The van der Waals surface area contributed by atoms with Crippen molar-refractivity contribution in [2.75, 3.05) is 6.61 Å². The Bertz CT molecular complexity index is 355. The van der Waals surface area contributed by atoms with Crippen molar-refractivity contribution < 1.29 is 23.8 Å². The third-order valence-corrected chi connectivity index (χ3v) is 3.05. The first-order chi connectivity index (χ1) is 9.06. The van der Waals surface area contributed by atoms with Gasteiger partial charge in [0.25, 0.3) is 0 Å². The van der Waals surface area contributed by atoms with Gasteiger partial charge in [0, 0.05) is 12.8 Å². The maximum absolute atomic E-state index is 11.8. The fraction of sp³-hybridized carbons (Fsp3) is 0.769. The lowest BCUT2D eigenvalue weighted by atomic mass is 9.83. The summed E-state index contributed by atoms with van der Waals surface area (Å²) in [7, 11) is 0. The molecule has 0 saturated heterocycles. The van der Waals surface area contributed by atoms with E-state index in [2.05, 4.69) is 10.8 Å². The average Bonchev–Trinajstić information content (AvgIpc) is 2.38. The summed E-state index contributed by atoms with van der Waals surface area (Å²) in [6.45, 7) is 3.33. The van der Waals surface area contributed by atoms with Crippen LogP contribution in [0.4, 0.5) is 4.79 Å². The van der Waals surface area contributed by atoms with Crippen molar-refractivity contribution >= 4 is 12.1 Å². The van der Waals surface area contributed by atoms with E-state index in [4.69, 9.17) is 14.7 Å². The van der Waals surface area contributed by atoms with Gasteiger partial charge in [-0.2, -0.15) is 5.26 Å². The van der Waals surface area contributed by atoms with Crippen molar-refractivity contribution in [1.29, 1.82) is 5.26 Å². The molecule has 0 aromatic rings. The first kappa shape index (κ1) is 15.3. The van der Waals surface area contributed by atoms with E-state index in [1.165, 1.54) is 6.92 Å². The average molecular weight is 269 g/mol. The second kappa shape index (κ2) is 7.62. The quantitative estimate of drug-likeness (QED) is 0.575. The van der Waals surface area contributed by atoms with Crippen molar-refractivity contribution in [3.8, 4) is 6.07 Å². The molecule has 0 aromatic heterocycles. The van der Waals surface area contributed by atoms with Gasteiger partial charge in [-0.1, -0.05) is 0 Å².